The van der Waals surface area contributed by atoms with Crippen LogP contribution in [0.5, 0.6) is 5.75 Å². The van der Waals surface area contributed by atoms with E-state index in [1.54, 1.807) is 4.72 Å². The van der Waals surface area contributed by atoms with Crippen LogP contribution in [0.1, 0.15) is 30.1 Å². The van der Waals surface area contributed by atoms with Crippen molar-refractivity contribution in [1.82, 2.24) is 30.2 Å². The highest BCUT2D eigenvalue weighted by atomic mass is 32.2. The molecule has 23 heteroatoms. The summed E-state index contributed by atoms with van der Waals surface area (Å²) in [7, 11) is -5.05. The number of carboxylic acid groups (broad SMARTS) is 1. The van der Waals surface area contributed by atoms with Crippen molar-refractivity contribution in [2.24, 2.45) is 5.16 Å². The maximum atomic E-state index is 13.1. The first-order chi connectivity index (χ1) is 20.9. The van der Waals surface area contributed by atoms with Gasteiger partial charge in [0.05, 0.1) is 12.2 Å². The van der Waals surface area contributed by atoms with Gasteiger partial charge in [0.15, 0.2) is 16.6 Å². The first kappa shape index (κ1) is 34.1. The smallest absolute Gasteiger partial charge is 0.350 e. The van der Waals surface area contributed by atoms with E-state index < -0.39 is 75.0 Å². The van der Waals surface area contributed by atoms with Crippen LogP contribution in [0.3, 0.4) is 0 Å². The number of nitrogens with one attached hydrogen (secondary N) is 3. The molecule has 2 unspecified atom stereocenters. The summed E-state index contributed by atoms with van der Waals surface area (Å²) in [6.07, 6.45) is 0.726. The van der Waals surface area contributed by atoms with E-state index in [-0.39, 0.29) is 28.5 Å². The molecule has 0 saturated heterocycles. The molecule has 0 fully saturated rings. The van der Waals surface area contributed by atoms with Crippen molar-refractivity contribution in [3.8, 4) is 17.1 Å². The number of carbonyl (C=O) groups is 4. The minimum absolute atomic E-state index is 0.0215. The van der Waals surface area contributed by atoms with Crippen LogP contribution >= 0.6 is 11.3 Å². The SMILES string of the molecule is CC(C)(O/N=C(\C(=O)NC(C=O)C(CNC(=O)c1cc(-c2cc(=O)c(O)cn2O)no1)NS(=O)(=O)O)c1csc(N)n1)C(=O)O. The third-order valence-corrected chi connectivity index (χ3v) is 6.80. The molecular weight excluding hydrogens is 648 g/mol. The summed E-state index contributed by atoms with van der Waals surface area (Å²) < 4.78 is 39.5. The average Bonchev–Trinajstić information content (AvgIpc) is 3.60. The van der Waals surface area contributed by atoms with E-state index in [2.05, 4.69) is 25.9 Å². The lowest BCUT2D eigenvalue weighted by molar-refractivity contribution is -0.161. The van der Waals surface area contributed by atoms with E-state index in [1.165, 1.54) is 5.38 Å². The average molecular weight is 673 g/mol. The number of thiazole rings is 1. The Kier molecular flexibility index (Phi) is 10.2. The Hall–Kier alpha value is -5.39. The van der Waals surface area contributed by atoms with E-state index in [1.807, 2.05) is 0 Å². The number of pyridine rings is 1. The number of aldehydes is 1. The van der Waals surface area contributed by atoms with Crippen molar-refractivity contribution in [2.45, 2.75) is 31.5 Å². The Balaban J connectivity index is 1.83. The van der Waals surface area contributed by atoms with Gasteiger partial charge in [0.25, 0.3) is 11.8 Å². The van der Waals surface area contributed by atoms with Crippen LogP contribution in [0, 0.1) is 0 Å². The largest absolute Gasteiger partial charge is 0.503 e. The summed E-state index contributed by atoms with van der Waals surface area (Å²) in [6.45, 7) is 1.47. The highest BCUT2D eigenvalue weighted by molar-refractivity contribution is 7.83. The summed E-state index contributed by atoms with van der Waals surface area (Å²) in [5, 5.41) is 41.2. The van der Waals surface area contributed by atoms with Crippen molar-refractivity contribution >= 4 is 56.6 Å². The van der Waals surface area contributed by atoms with Crippen molar-refractivity contribution < 1.29 is 56.9 Å². The van der Waals surface area contributed by atoms with Crippen molar-refractivity contribution in [3.05, 3.63) is 45.4 Å². The van der Waals surface area contributed by atoms with E-state index in [9.17, 15) is 52.4 Å². The second-order valence-electron chi connectivity index (χ2n) is 9.29. The maximum Gasteiger partial charge on any atom is 0.350 e. The van der Waals surface area contributed by atoms with Gasteiger partial charge in [-0.05, 0) is 13.8 Å². The van der Waals surface area contributed by atoms with Crippen LogP contribution in [0.15, 0.2) is 38.2 Å². The molecule has 3 rings (SSSR count). The molecule has 3 aromatic rings. The fourth-order valence-electron chi connectivity index (χ4n) is 3.18. The molecule has 21 nitrogen and oxygen atoms in total. The standard InChI is InChI=1S/C22H24N8O13S2/c1-22(2,20(36)37)43-28-17(12-8-44-21(23)26-12)19(35)25-11(7-31)10(29-45(39,40)41)5-24-18(34)16-3-9(27-42-16)13-4-14(32)15(33)6-30(13)38/h3-4,6-8,10-11,29,33,38H,5H2,1-2H3,(H2,23,26)(H,24,34)(H,25,35)(H,36,37)(H,39,40,41)/b28-17-. The number of nitrogen functional groups attached to an aromatic ring is 1. The number of hydrogen-bond acceptors (Lipinski definition) is 16. The number of amides is 2. The summed E-state index contributed by atoms with van der Waals surface area (Å²) in [5.41, 5.74) is 1.43. The fraction of sp³-hybridized carbons (Fsp3) is 0.273. The monoisotopic (exact) mass is 672 g/mol. The second kappa shape index (κ2) is 13.5. The van der Waals surface area contributed by atoms with Crippen molar-refractivity contribution in [3.63, 3.8) is 0 Å². The highest BCUT2D eigenvalue weighted by Crippen LogP contribution is 2.19. The van der Waals surface area contributed by atoms with E-state index in [0.717, 1.165) is 37.3 Å². The van der Waals surface area contributed by atoms with Crippen molar-refractivity contribution in [2.75, 3.05) is 12.3 Å². The Morgan fingerprint density at radius 1 is 1.31 bits per heavy atom. The van der Waals surface area contributed by atoms with Crippen LogP contribution in [-0.2, 0) is 29.5 Å². The normalized spacial score (nSPS) is 13.4. The molecule has 45 heavy (non-hydrogen) atoms. The number of aromatic hydroxyl groups is 1. The predicted octanol–water partition coefficient (Wildman–Crippen LogP) is -2.06. The van der Waals surface area contributed by atoms with Gasteiger partial charge in [-0.1, -0.05) is 10.3 Å². The number of oxime groups is 1. The third-order valence-electron chi connectivity index (χ3n) is 5.53. The number of rotatable bonds is 14. The van der Waals surface area contributed by atoms with Gasteiger partial charge in [0.1, 0.15) is 29.4 Å². The van der Waals surface area contributed by atoms with Crippen LogP contribution < -0.4 is 26.5 Å². The zero-order valence-electron chi connectivity index (χ0n) is 22.9. The number of carbonyl (C=O) groups excluding carboxylic acids is 3. The van der Waals surface area contributed by atoms with Gasteiger partial charge in [-0.15, -0.1) is 11.3 Å². The Labute approximate surface area is 255 Å². The van der Waals surface area contributed by atoms with E-state index in [4.69, 9.17) is 15.1 Å². The lowest BCUT2D eigenvalue weighted by Gasteiger charge is -2.24. The van der Waals surface area contributed by atoms with Gasteiger partial charge in [-0.25, -0.2) is 9.78 Å². The molecule has 2 amide bonds. The van der Waals surface area contributed by atoms with Crippen LogP contribution in [0.25, 0.3) is 11.4 Å². The van der Waals surface area contributed by atoms with Crippen LogP contribution in [0.4, 0.5) is 5.13 Å². The minimum Gasteiger partial charge on any atom is -0.503 e. The molecule has 0 radical (unpaired) electrons. The number of nitrogens with zero attached hydrogens (tertiary/aromatic N) is 4. The van der Waals surface area contributed by atoms with Gasteiger partial charge in [-0.3, -0.25) is 18.9 Å². The molecule has 0 aliphatic carbocycles. The number of anilines is 1. The molecule has 0 aromatic carbocycles. The number of aromatic nitrogens is 3. The fourth-order valence-corrected chi connectivity index (χ4v) is 4.34. The number of nitrogens with two attached hydrogens (primary N) is 1. The molecular formula is C22H24N8O13S2. The molecule has 242 valence electrons. The van der Waals surface area contributed by atoms with Gasteiger partial charge in [0.2, 0.25) is 16.8 Å². The minimum atomic E-state index is -5.05. The lowest BCUT2D eigenvalue weighted by Crippen LogP contribution is -2.58. The Morgan fingerprint density at radius 3 is 2.58 bits per heavy atom. The van der Waals surface area contributed by atoms with Gasteiger partial charge >= 0.3 is 16.3 Å². The molecule has 0 bridgehead atoms. The molecule has 2 atom stereocenters. The topological polar surface area (TPSA) is 328 Å². The molecule has 0 spiro atoms. The second-order valence-corrected chi connectivity index (χ2v) is 11.4. The Morgan fingerprint density at radius 2 is 2.00 bits per heavy atom. The molecule has 3 aromatic heterocycles. The number of aliphatic carboxylic acids is 1. The van der Waals surface area contributed by atoms with Crippen LogP contribution in [0.2, 0.25) is 0 Å². The predicted molar refractivity (Wildman–Crippen MR) is 150 cm³/mol. The highest BCUT2D eigenvalue weighted by Gasteiger charge is 2.33. The molecule has 0 aliphatic rings. The third kappa shape index (κ3) is 8.82. The quantitative estimate of drug-likeness (QED) is 0.0300. The summed E-state index contributed by atoms with van der Waals surface area (Å²) >= 11 is 0.877. The van der Waals surface area contributed by atoms with Gasteiger partial charge in [0, 0.05) is 24.1 Å². The number of carboxylic acids is 1. The van der Waals surface area contributed by atoms with E-state index in [0.29, 0.717) is 10.9 Å². The zero-order chi connectivity index (χ0) is 33.7. The van der Waals surface area contributed by atoms with E-state index >= 15 is 0 Å². The molecule has 9 N–H and O–H groups in total. The van der Waals surface area contributed by atoms with Gasteiger partial charge in [-0.2, -0.15) is 17.9 Å². The summed E-state index contributed by atoms with van der Waals surface area (Å²) in [6, 6.07) is -1.81. The zero-order valence-corrected chi connectivity index (χ0v) is 24.5. The van der Waals surface area contributed by atoms with Crippen molar-refractivity contribution in [1.29, 1.82) is 0 Å². The Bertz CT molecular complexity index is 1810. The maximum absolute atomic E-state index is 13.1. The molecule has 0 saturated carbocycles. The molecule has 0 aliphatic heterocycles. The van der Waals surface area contributed by atoms with Crippen LogP contribution in [-0.4, -0.2) is 97.3 Å². The summed E-state index contributed by atoms with van der Waals surface area (Å²) in [5.74, 6) is -5.05. The first-order valence-corrected chi connectivity index (χ1v) is 14.4. The molecule has 3 heterocycles. The lowest BCUT2D eigenvalue weighted by atomic mass is 10.1. The number of hydrogen-bond donors (Lipinski definition) is 8. The van der Waals surface area contributed by atoms with Gasteiger partial charge < -0.3 is 45.9 Å². The summed E-state index contributed by atoms with van der Waals surface area (Å²) in [4.78, 5) is 69.7. The first-order valence-electron chi connectivity index (χ1n) is 12.0.